The maximum atomic E-state index is 15.9. The number of fused-ring (bicyclic) bond motifs is 2. The molecule has 0 fully saturated rings. The Bertz CT molecular complexity index is 1660. The molecule has 0 aliphatic rings. The fourth-order valence-corrected chi connectivity index (χ4v) is 4.20. The summed E-state index contributed by atoms with van der Waals surface area (Å²) in [5, 5.41) is 10.8. The van der Waals surface area contributed by atoms with Gasteiger partial charge in [0.2, 0.25) is 0 Å². The number of aromatic amines is 2. The number of hydrogen-bond acceptors (Lipinski definition) is 6. The fraction of sp³-hybridized carbons (Fsp3) is 0.115. The second-order valence-corrected chi connectivity index (χ2v) is 8.15. The van der Waals surface area contributed by atoms with Crippen LogP contribution in [0, 0.1) is 5.82 Å². The number of nitrogens with one attached hydrogen (secondary N) is 3. The number of halogens is 1. The predicted octanol–water partition coefficient (Wildman–Crippen LogP) is 4.87. The van der Waals surface area contributed by atoms with Crippen molar-refractivity contribution >= 4 is 21.9 Å². The molecule has 0 unspecified atom stereocenters. The topological polar surface area (TPSA) is 108 Å². The summed E-state index contributed by atoms with van der Waals surface area (Å²) in [7, 11) is 0. The molecule has 0 saturated heterocycles. The lowest BCUT2D eigenvalue weighted by molar-refractivity contribution is 0.638. The molecule has 6 rings (SSSR count). The highest BCUT2D eigenvalue weighted by atomic mass is 19.1. The number of benzene rings is 1. The molecule has 0 bridgehead atoms. The van der Waals surface area contributed by atoms with E-state index in [9.17, 15) is 0 Å². The fourth-order valence-electron chi connectivity index (χ4n) is 4.20. The Kier molecular flexibility index (Phi) is 5.23. The molecule has 9 heteroatoms. The monoisotopic (exact) mass is 464 g/mol. The van der Waals surface area contributed by atoms with Gasteiger partial charge in [0.05, 0.1) is 33.8 Å². The molecule has 0 radical (unpaired) electrons. The van der Waals surface area contributed by atoms with Crippen molar-refractivity contribution in [1.29, 1.82) is 0 Å². The first-order valence-corrected chi connectivity index (χ1v) is 11.3. The summed E-state index contributed by atoms with van der Waals surface area (Å²) in [6.07, 6.45) is 6.71. The van der Waals surface area contributed by atoms with Crippen LogP contribution in [0.2, 0.25) is 0 Å². The number of para-hydroxylation sites is 1. The molecular formula is C26H21FN8. The smallest absolute Gasteiger partial charge is 0.161 e. The average molecular weight is 465 g/mol. The standard InChI is InChI=1S/C26H21FN8/c1-2-28-11-15-10-16(13-29-12-15)23-22(27)21-20(14-31-23)34-35-25(21)26-32-19-8-5-6-17(24(19)33-26)18-7-3-4-9-30-18/h3-10,12-14,28H,2,11H2,1H3,(H,32,33)(H,34,35). The lowest BCUT2D eigenvalue weighted by Gasteiger charge is -2.07. The molecule has 8 nitrogen and oxygen atoms in total. The molecule has 5 heterocycles. The van der Waals surface area contributed by atoms with Gasteiger partial charge < -0.3 is 10.3 Å². The molecule has 5 aromatic heterocycles. The van der Waals surface area contributed by atoms with Gasteiger partial charge in [-0.2, -0.15) is 5.10 Å². The van der Waals surface area contributed by atoms with Crippen LogP contribution >= 0.6 is 0 Å². The molecule has 0 saturated carbocycles. The Morgan fingerprint density at radius 2 is 1.91 bits per heavy atom. The summed E-state index contributed by atoms with van der Waals surface area (Å²) in [6.45, 7) is 3.51. The van der Waals surface area contributed by atoms with Gasteiger partial charge in [0.25, 0.3) is 0 Å². The molecule has 0 atom stereocenters. The van der Waals surface area contributed by atoms with Crippen molar-refractivity contribution in [2.24, 2.45) is 0 Å². The zero-order valence-electron chi connectivity index (χ0n) is 18.9. The number of nitrogens with zero attached hydrogens (tertiary/aromatic N) is 5. The zero-order valence-corrected chi connectivity index (χ0v) is 18.9. The normalized spacial score (nSPS) is 11.5. The Hall–Kier alpha value is -4.50. The Morgan fingerprint density at radius 1 is 0.971 bits per heavy atom. The Morgan fingerprint density at radius 3 is 2.77 bits per heavy atom. The number of H-pyrrole nitrogens is 2. The minimum Gasteiger partial charge on any atom is -0.337 e. The highest BCUT2D eigenvalue weighted by molar-refractivity contribution is 5.97. The van der Waals surface area contributed by atoms with Crippen molar-refractivity contribution < 1.29 is 4.39 Å². The van der Waals surface area contributed by atoms with Crippen LogP contribution < -0.4 is 5.32 Å². The van der Waals surface area contributed by atoms with Gasteiger partial charge in [0, 0.05) is 36.3 Å². The molecular weight excluding hydrogens is 443 g/mol. The van der Waals surface area contributed by atoms with Gasteiger partial charge in [0.1, 0.15) is 11.4 Å². The predicted molar refractivity (Wildman–Crippen MR) is 133 cm³/mol. The van der Waals surface area contributed by atoms with E-state index in [1.54, 1.807) is 24.8 Å². The molecule has 0 aliphatic heterocycles. The summed E-state index contributed by atoms with van der Waals surface area (Å²) in [4.78, 5) is 21.2. The van der Waals surface area contributed by atoms with E-state index in [4.69, 9.17) is 4.98 Å². The van der Waals surface area contributed by atoms with E-state index in [0.717, 1.165) is 34.4 Å². The van der Waals surface area contributed by atoms with Crippen LogP contribution in [-0.4, -0.2) is 41.7 Å². The third kappa shape index (κ3) is 3.71. The van der Waals surface area contributed by atoms with Crippen molar-refractivity contribution in [3.63, 3.8) is 0 Å². The van der Waals surface area contributed by atoms with E-state index >= 15 is 4.39 Å². The van der Waals surface area contributed by atoms with Crippen LogP contribution in [0.4, 0.5) is 4.39 Å². The largest absolute Gasteiger partial charge is 0.337 e. The van der Waals surface area contributed by atoms with Gasteiger partial charge in [-0.25, -0.2) is 9.37 Å². The Balaban J connectivity index is 1.48. The maximum absolute atomic E-state index is 15.9. The second-order valence-electron chi connectivity index (χ2n) is 8.15. The van der Waals surface area contributed by atoms with Crippen LogP contribution in [0.25, 0.3) is 56.0 Å². The summed E-state index contributed by atoms with van der Waals surface area (Å²) >= 11 is 0. The third-order valence-corrected chi connectivity index (χ3v) is 5.87. The highest BCUT2D eigenvalue weighted by Gasteiger charge is 2.21. The molecule has 1 aromatic carbocycles. The first-order valence-electron chi connectivity index (χ1n) is 11.3. The van der Waals surface area contributed by atoms with Crippen molar-refractivity contribution in [2.45, 2.75) is 13.5 Å². The van der Waals surface area contributed by atoms with Crippen LogP contribution in [-0.2, 0) is 6.54 Å². The highest BCUT2D eigenvalue weighted by Crippen LogP contribution is 2.34. The van der Waals surface area contributed by atoms with E-state index in [0.29, 0.717) is 34.5 Å². The second kappa shape index (κ2) is 8.69. The SMILES string of the molecule is CCNCc1cncc(-c2ncc3[nH]nc(-c4nc5c(-c6ccccn6)cccc5[nH]4)c3c2F)c1. The summed E-state index contributed by atoms with van der Waals surface area (Å²) in [5.74, 6) is -0.0104. The molecule has 172 valence electrons. The van der Waals surface area contributed by atoms with Gasteiger partial charge in [0.15, 0.2) is 11.6 Å². The third-order valence-electron chi connectivity index (χ3n) is 5.87. The van der Waals surface area contributed by atoms with Crippen molar-refractivity contribution in [3.8, 4) is 34.0 Å². The summed E-state index contributed by atoms with van der Waals surface area (Å²) < 4.78 is 15.9. The van der Waals surface area contributed by atoms with Gasteiger partial charge >= 0.3 is 0 Å². The maximum Gasteiger partial charge on any atom is 0.161 e. The molecule has 0 amide bonds. The van der Waals surface area contributed by atoms with Crippen molar-refractivity contribution in [3.05, 3.63) is 78.6 Å². The number of pyridine rings is 3. The van der Waals surface area contributed by atoms with Crippen molar-refractivity contribution in [2.75, 3.05) is 6.54 Å². The minimum absolute atomic E-state index is 0.219. The van der Waals surface area contributed by atoms with Gasteiger partial charge in [-0.3, -0.25) is 20.1 Å². The average Bonchev–Trinajstić information content (AvgIpc) is 3.53. The zero-order chi connectivity index (χ0) is 23.8. The van der Waals surface area contributed by atoms with Crippen LogP contribution in [0.1, 0.15) is 12.5 Å². The lowest BCUT2D eigenvalue weighted by Crippen LogP contribution is -2.11. The number of aromatic nitrogens is 7. The van der Waals surface area contributed by atoms with Crippen LogP contribution in [0.3, 0.4) is 0 Å². The quantitative estimate of drug-likeness (QED) is 0.324. The summed E-state index contributed by atoms with van der Waals surface area (Å²) in [5.41, 5.74) is 5.91. The molecule has 0 aliphatic carbocycles. The van der Waals surface area contributed by atoms with E-state index in [-0.39, 0.29) is 5.69 Å². The first-order chi connectivity index (χ1) is 17.2. The van der Waals surface area contributed by atoms with Crippen LogP contribution in [0.5, 0.6) is 0 Å². The van der Waals surface area contributed by atoms with E-state index < -0.39 is 5.82 Å². The van der Waals surface area contributed by atoms with Crippen LogP contribution in [0.15, 0.2) is 67.3 Å². The van der Waals surface area contributed by atoms with Gasteiger partial charge in [-0.1, -0.05) is 25.1 Å². The van der Waals surface area contributed by atoms with Gasteiger partial charge in [-0.05, 0) is 36.4 Å². The van der Waals surface area contributed by atoms with E-state index in [1.165, 1.54) is 0 Å². The molecule has 35 heavy (non-hydrogen) atoms. The molecule has 6 aromatic rings. The summed E-state index contributed by atoms with van der Waals surface area (Å²) in [6, 6.07) is 13.5. The molecule has 3 N–H and O–H groups in total. The van der Waals surface area contributed by atoms with E-state index in [2.05, 4.69) is 35.5 Å². The van der Waals surface area contributed by atoms with E-state index in [1.807, 2.05) is 49.4 Å². The number of hydrogen-bond donors (Lipinski definition) is 3. The number of imidazole rings is 1. The molecule has 0 spiro atoms. The lowest BCUT2D eigenvalue weighted by atomic mass is 10.1. The minimum atomic E-state index is -0.473. The first kappa shape index (κ1) is 21.1. The van der Waals surface area contributed by atoms with Gasteiger partial charge in [-0.15, -0.1) is 0 Å². The van der Waals surface area contributed by atoms with Crippen molar-refractivity contribution in [1.82, 2.24) is 40.4 Å². The Labute approximate surface area is 199 Å². The number of rotatable bonds is 6.